The molecule has 20 heavy (non-hydrogen) atoms. The van der Waals surface area contributed by atoms with E-state index in [1.807, 2.05) is 13.0 Å². The van der Waals surface area contributed by atoms with Crippen LogP contribution in [0.2, 0.25) is 0 Å². The number of rotatable bonds is 4. The fraction of sp³-hybridized carbons (Fsp3) is 0.0833. The maximum Gasteiger partial charge on any atom is 0.276 e. The predicted molar refractivity (Wildman–Crippen MR) is 88.8 cm³/mol. The summed E-state index contributed by atoms with van der Waals surface area (Å²) in [5, 5.41) is 3.78. The zero-order valence-electron chi connectivity index (χ0n) is 10.3. The van der Waals surface area contributed by atoms with Crippen LogP contribution in [0.4, 0.5) is 0 Å². The Morgan fingerprint density at radius 2 is 1.90 bits per heavy atom. The molecular formula is C12H10Br2N2O2S2. The average Bonchev–Trinajstić information content (AvgIpc) is 2.68. The summed E-state index contributed by atoms with van der Waals surface area (Å²) in [6.45, 7) is 1.90. The lowest BCUT2D eigenvalue weighted by Gasteiger charge is -2.03. The summed E-state index contributed by atoms with van der Waals surface area (Å²) in [5.41, 5.74) is 1.80. The van der Waals surface area contributed by atoms with Crippen molar-refractivity contribution in [2.75, 3.05) is 0 Å². The largest absolute Gasteiger partial charge is 0.276 e. The van der Waals surface area contributed by atoms with Gasteiger partial charge in [-0.05, 0) is 57.0 Å². The van der Waals surface area contributed by atoms with Crippen LogP contribution in [0.15, 0.2) is 47.9 Å². The molecule has 1 aromatic carbocycles. The molecule has 0 unspecified atom stereocenters. The van der Waals surface area contributed by atoms with E-state index in [4.69, 9.17) is 0 Å². The Morgan fingerprint density at radius 3 is 2.45 bits per heavy atom. The lowest BCUT2D eigenvalue weighted by Crippen LogP contribution is -2.18. The molecule has 0 bridgehead atoms. The van der Waals surface area contributed by atoms with E-state index < -0.39 is 10.0 Å². The molecule has 0 radical (unpaired) electrons. The molecular weight excluding hydrogens is 428 g/mol. The van der Waals surface area contributed by atoms with Crippen molar-refractivity contribution in [1.29, 1.82) is 0 Å². The van der Waals surface area contributed by atoms with Gasteiger partial charge in [-0.1, -0.05) is 17.7 Å². The van der Waals surface area contributed by atoms with Crippen molar-refractivity contribution in [3.63, 3.8) is 0 Å². The number of hydrazone groups is 1. The van der Waals surface area contributed by atoms with Crippen LogP contribution in [0.25, 0.3) is 0 Å². The lowest BCUT2D eigenvalue weighted by molar-refractivity contribution is 0.584. The van der Waals surface area contributed by atoms with Crippen molar-refractivity contribution in [3.8, 4) is 0 Å². The van der Waals surface area contributed by atoms with Crippen LogP contribution < -0.4 is 4.83 Å². The standard InChI is InChI=1S/C12H10Br2N2O2S2/c1-8-2-4-10(5-3-8)20(17,18)16-15-7-9-6-11(13)19-12(9)14/h2-7,16H,1H3. The van der Waals surface area contributed by atoms with Crippen LogP contribution in [-0.2, 0) is 10.0 Å². The second-order valence-corrected chi connectivity index (χ2v) is 9.36. The Hall–Kier alpha value is -0.700. The van der Waals surface area contributed by atoms with Gasteiger partial charge in [-0.2, -0.15) is 13.5 Å². The van der Waals surface area contributed by atoms with E-state index >= 15 is 0 Å². The first-order valence-corrected chi connectivity index (χ1v) is 9.33. The molecule has 1 aromatic heterocycles. The highest BCUT2D eigenvalue weighted by atomic mass is 79.9. The van der Waals surface area contributed by atoms with Gasteiger partial charge in [0.05, 0.1) is 18.7 Å². The fourth-order valence-electron chi connectivity index (χ4n) is 1.38. The van der Waals surface area contributed by atoms with Crippen molar-refractivity contribution < 1.29 is 8.42 Å². The van der Waals surface area contributed by atoms with Gasteiger partial charge in [0.15, 0.2) is 0 Å². The molecule has 8 heteroatoms. The number of benzene rings is 1. The quantitative estimate of drug-likeness (QED) is 0.582. The van der Waals surface area contributed by atoms with Crippen LogP contribution in [-0.4, -0.2) is 14.6 Å². The number of thiophene rings is 1. The third-order valence-corrected chi connectivity index (χ3v) is 6.02. The van der Waals surface area contributed by atoms with Crippen LogP contribution >= 0.6 is 43.2 Å². The Balaban J connectivity index is 2.13. The highest BCUT2D eigenvalue weighted by molar-refractivity contribution is 9.12. The van der Waals surface area contributed by atoms with Crippen LogP contribution in [0.5, 0.6) is 0 Å². The van der Waals surface area contributed by atoms with E-state index in [9.17, 15) is 8.42 Å². The summed E-state index contributed by atoms with van der Waals surface area (Å²) < 4.78 is 25.8. The summed E-state index contributed by atoms with van der Waals surface area (Å²) in [4.78, 5) is 2.38. The normalized spacial score (nSPS) is 11.9. The maximum absolute atomic E-state index is 12.0. The molecule has 2 rings (SSSR count). The highest BCUT2D eigenvalue weighted by Gasteiger charge is 2.12. The van der Waals surface area contributed by atoms with Crippen molar-refractivity contribution in [2.45, 2.75) is 11.8 Å². The summed E-state index contributed by atoms with van der Waals surface area (Å²) >= 11 is 8.21. The van der Waals surface area contributed by atoms with Gasteiger partial charge in [-0.25, -0.2) is 4.83 Å². The molecule has 0 spiro atoms. The molecule has 106 valence electrons. The molecule has 0 saturated carbocycles. The Morgan fingerprint density at radius 1 is 1.25 bits per heavy atom. The Kier molecular flexibility index (Phi) is 5.00. The minimum absolute atomic E-state index is 0.186. The van der Waals surface area contributed by atoms with Crippen LogP contribution in [0.3, 0.4) is 0 Å². The summed E-state index contributed by atoms with van der Waals surface area (Å²) in [7, 11) is -3.62. The van der Waals surface area contributed by atoms with E-state index in [0.717, 1.165) is 18.7 Å². The van der Waals surface area contributed by atoms with E-state index in [1.54, 1.807) is 24.3 Å². The molecule has 0 saturated heterocycles. The topological polar surface area (TPSA) is 58.5 Å². The Bertz CT molecular complexity index is 737. The summed E-state index contributed by atoms with van der Waals surface area (Å²) in [6.07, 6.45) is 1.46. The van der Waals surface area contributed by atoms with E-state index in [2.05, 4.69) is 41.8 Å². The molecule has 0 atom stereocenters. The number of hydrogen-bond acceptors (Lipinski definition) is 4. The monoisotopic (exact) mass is 436 g/mol. The number of hydrogen-bond donors (Lipinski definition) is 1. The van der Waals surface area contributed by atoms with Gasteiger partial charge >= 0.3 is 0 Å². The molecule has 1 N–H and O–H groups in total. The van der Waals surface area contributed by atoms with E-state index in [-0.39, 0.29) is 4.90 Å². The predicted octanol–water partition coefficient (Wildman–Crippen LogP) is 3.89. The van der Waals surface area contributed by atoms with Crippen LogP contribution in [0, 0.1) is 6.92 Å². The minimum atomic E-state index is -3.62. The summed E-state index contributed by atoms with van der Waals surface area (Å²) in [6, 6.07) is 8.42. The lowest BCUT2D eigenvalue weighted by atomic mass is 10.2. The van der Waals surface area contributed by atoms with Gasteiger partial charge < -0.3 is 0 Å². The minimum Gasteiger partial charge on any atom is -0.200 e. The number of sulfonamides is 1. The third-order valence-electron chi connectivity index (χ3n) is 2.39. The van der Waals surface area contributed by atoms with Crippen molar-refractivity contribution in [3.05, 3.63) is 49.0 Å². The van der Waals surface area contributed by atoms with Crippen molar-refractivity contribution in [2.24, 2.45) is 5.10 Å². The molecule has 0 aliphatic heterocycles. The fourth-order valence-corrected chi connectivity index (χ4v) is 4.88. The zero-order valence-corrected chi connectivity index (χ0v) is 15.1. The number of halogens is 2. The highest BCUT2D eigenvalue weighted by Crippen LogP contribution is 2.30. The van der Waals surface area contributed by atoms with E-state index in [1.165, 1.54) is 17.6 Å². The maximum atomic E-state index is 12.0. The second kappa shape index (κ2) is 6.38. The number of nitrogens with zero attached hydrogens (tertiary/aromatic N) is 1. The molecule has 2 aromatic rings. The van der Waals surface area contributed by atoms with Crippen molar-refractivity contribution >= 4 is 59.4 Å². The SMILES string of the molecule is Cc1ccc(S(=O)(=O)NN=Cc2cc(Br)sc2Br)cc1. The molecule has 4 nitrogen and oxygen atoms in total. The van der Waals surface area contributed by atoms with Gasteiger partial charge in [0, 0.05) is 5.56 Å². The van der Waals surface area contributed by atoms with Gasteiger partial charge in [-0.3, -0.25) is 0 Å². The first-order valence-electron chi connectivity index (χ1n) is 5.45. The smallest absolute Gasteiger partial charge is 0.200 e. The molecule has 1 heterocycles. The zero-order chi connectivity index (χ0) is 14.8. The van der Waals surface area contributed by atoms with Gasteiger partial charge in [0.25, 0.3) is 10.0 Å². The number of nitrogens with one attached hydrogen (secondary N) is 1. The van der Waals surface area contributed by atoms with Gasteiger partial charge in [0.1, 0.15) is 0 Å². The van der Waals surface area contributed by atoms with Gasteiger partial charge in [0.2, 0.25) is 0 Å². The molecule has 0 amide bonds. The third kappa shape index (κ3) is 3.91. The van der Waals surface area contributed by atoms with Crippen LogP contribution in [0.1, 0.15) is 11.1 Å². The summed E-state index contributed by atoms with van der Waals surface area (Å²) in [5.74, 6) is 0. The Labute approximate surface area is 138 Å². The molecule has 0 aliphatic carbocycles. The number of aryl methyl sites for hydroxylation is 1. The molecule has 0 fully saturated rings. The van der Waals surface area contributed by atoms with E-state index in [0.29, 0.717) is 0 Å². The van der Waals surface area contributed by atoms with Gasteiger partial charge in [-0.15, -0.1) is 11.3 Å². The average molecular weight is 438 g/mol. The molecule has 0 aliphatic rings. The second-order valence-electron chi connectivity index (χ2n) is 3.95. The first-order chi connectivity index (χ1) is 9.38. The van der Waals surface area contributed by atoms with Crippen molar-refractivity contribution in [1.82, 2.24) is 4.83 Å². The first kappa shape index (κ1) is 15.7.